The van der Waals surface area contributed by atoms with Gasteiger partial charge < -0.3 is 9.88 Å². The summed E-state index contributed by atoms with van der Waals surface area (Å²) in [4.78, 5) is 26.5. The first-order valence-corrected chi connectivity index (χ1v) is 7.81. The van der Waals surface area contributed by atoms with Gasteiger partial charge in [0, 0.05) is 43.4 Å². The van der Waals surface area contributed by atoms with E-state index in [1.165, 1.54) is 4.57 Å². The fraction of sp³-hybridized carbons (Fsp3) is 0.467. The lowest BCUT2D eigenvalue weighted by Gasteiger charge is -2.22. The number of pyridine rings is 1. The van der Waals surface area contributed by atoms with E-state index in [1.807, 2.05) is 6.92 Å². The van der Waals surface area contributed by atoms with Crippen LogP contribution in [0.4, 0.5) is 0 Å². The molecule has 0 saturated carbocycles. The Morgan fingerprint density at radius 1 is 1.43 bits per heavy atom. The van der Waals surface area contributed by atoms with Gasteiger partial charge in [-0.15, -0.1) is 0 Å². The first-order chi connectivity index (χ1) is 10.0. The SMILES string of the molecule is Cc1c(Br)cc(C(=O)NCCN2CC=CCC2)c(=O)n1C. The van der Waals surface area contributed by atoms with Gasteiger partial charge in [-0.3, -0.25) is 14.5 Å². The maximum absolute atomic E-state index is 12.1. The summed E-state index contributed by atoms with van der Waals surface area (Å²) in [5, 5.41) is 2.82. The van der Waals surface area contributed by atoms with Gasteiger partial charge in [0.05, 0.1) is 0 Å². The van der Waals surface area contributed by atoms with Crippen LogP contribution >= 0.6 is 15.9 Å². The lowest BCUT2D eigenvalue weighted by atomic mass is 10.2. The zero-order valence-corrected chi connectivity index (χ0v) is 13.9. The number of aromatic nitrogens is 1. The monoisotopic (exact) mass is 353 g/mol. The molecule has 6 heteroatoms. The second-order valence-corrected chi connectivity index (χ2v) is 6.03. The third-order valence-electron chi connectivity index (χ3n) is 3.76. The van der Waals surface area contributed by atoms with Crippen molar-refractivity contribution in [2.45, 2.75) is 13.3 Å². The number of rotatable bonds is 4. The minimum Gasteiger partial charge on any atom is -0.351 e. The molecule has 1 amide bonds. The van der Waals surface area contributed by atoms with E-state index in [-0.39, 0.29) is 17.0 Å². The van der Waals surface area contributed by atoms with E-state index < -0.39 is 0 Å². The number of nitrogens with one attached hydrogen (secondary N) is 1. The number of amides is 1. The summed E-state index contributed by atoms with van der Waals surface area (Å²) in [6.45, 7) is 5.11. The van der Waals surface area contributed by atoms with Crippen LogP contribution in [0.1, 0.15) is 22.5 Å². The maximum atomic E-state index is 12.1. The van der Waals surface area contributed by atoms with E-state index in [2.05, 4.69) is 38.3 Å². The molecular formula is C15H20BrN3O2. The van der Waals surface area contributed by atoms with Crippen LogP contribution in [0.25, 0.3) is 0 Å². The Bertz CT molecular complexity index is 622. The summed E-state index contributed by atoms with van der Waals surface area (Å²) < 4.78 is 2.24. The van der Waals surface area contributed by atoms with Crippen molar-refractivity contribution in [1.29, 1.82) is 0 Å². The van der Waals surface area contributed by atoms with Crippen LogP contribution in [-0.4, -0.2) is 41.6 Å². The van der Waals surface area contributed by atoms with Crippen LogP contribution < -0.4 is 10.9 Å². The van der Waals surface area contributed by atoms with Crippen LogP contribution in [0.5, 0.6) is 0 Å². The van der Waals surface area contributed by atoms with Crippen LogP contribution in [0, 0.1) is 6.92 Å². The number of hydrogen-bond donors (Lipinski definition) is 1. The molecule has 0 aromatic carbocycles. The summed E-state index contributed by atoms with van der Waals surface area (Å²) in [7, 11) is 1.67. The maximum Gasteiger partial charge on any atom is 0.263 e. The summed E-state index contributed by atoms with van der Waals surface area (Å²) in [6, 6.07) is 1.59. The first kappa shape index (κ1) is 16.0. The molecule has 1 aromatic rings. The molecule has 0 spiro atoms. The van der Waals surface area contributed by atoms with Crippen molar-refractivity contribution in [3.63, 3.8) is 0 Å². The Labute approximate surface area is 132 Å². The Morgan fingerprint density at radius 3 is 2.86 bits per heavy atom. The minimum atomic E-state index is -0.316. The fourth-order valence-corrected chi connectivity index (χ4v) is 2.76. The second-order valence-electron chi connectivity index (χ2n) is 5.17. The number of carbonyl (C=O) groups excluding carboxylic acids is 1. The predicted molar refractivity (Wildman–Crippen MR) is 86.7 cm³/mol. The summed E-state index contributed by atoms with van der Waals surface area (Å²) in [5.74, 6) is -0.316. The molecule has 5 nitrogen and oxygen atoms in total. The lowest BCUT2D eigenvalue weighted by molar-refractivity contribution is 0.0946. The number of hydrogen-bond acceptors (Lipinski definition) is 3. The van der Waals surface area contributed by atoms with Crippen molar-refractivity contribution in [3.8, 4) is 0 Å². The number of halogens is 1. The summed E-state index contributed by atoms with van der Waals surface area (Å²) in [6.07, 6.45) is 5.36. The average molecular weight is 354 g/mol. The van der Waals surface area contributed by atoms with Crippen molar-refractivity contribution < 1.29 is 4.79 Å². The highest BCUT2D eigenvalue weighted by molar-refractivity contribution is 9.10. The number of nitrogens with zero attached hydrogens (tertiary/aromatic N) is 2. The molecule has 0 radical (unpaired) electrons. The van der Waals surface area contributed by atoms with Crippen molar-refractivity contribution in [2.24, 2.45) is 7.05 Å². The van der Waals surface area contributed by atoms with Gasteiger partial charge in [-0.1, -0.05) is 12.2 Å². The van der Waals surface area contributed by atoms with Crippen LogP contribution in [-0.2, 0) is 7.05 Å². The molecule has 0 unspecified atom stereocenters. The van der Waals surface area contributed by atoms with Gasteiger partial charge in [-0.25, -0.2) is 0 Å². The Kier molecular flexibility index (Phi) is 5.36. The van der Waals surface area contributed by atoms with Gasteiger partial charge in [-0.05, 0) is 35.3 Å². The third kappa shape index (κ3) is 3.83. The molecule has 1 aliphatic rings. The van der Waals surface area contributed by atoms with Gasteiger partial charge in [0.1, 0.15) is 5.56 Å². The minimum absolute atomic E-state index is 0.175. The fourth-order valence-electron chi connectivity index (χ4n) is 2.26. The van der Waals surface area contributed by atoms with Crippen LogP contribution in [0.3, 0.4) is 0 Å². The molecule has 1 aromatic heterocycles. The standard InChI is InChI=1S/C15H20BrN3O2/c1-11-13(16)10-12(15(21)18(11)2)14(20)17-6-9-19-7-4-3-5-8-19/h3-4,10H,5-9H2,1-2H3,(H,17,20). The van der Waals surface area contributed by atoms with Crippen molar-refractivity contribution in [2.75, 3.05) is 26.2 Å². The summed E-state index contributed by atoms with van der Waals surface area (Å²) in [5.41, 5.74) is 0.708. The quantitative estimate of drug-likeness (QED) is 0.833. The molecule has 1 aliphatic heterocycles. The second kappa shape index (κ2) is 7.04. The van der Waals surface area contributed by atoms with Gasteiger partial charge in [-0.2, -0.15) is 0 Å². The van der Waals surface area contributed by atoms with E-state index in [0.29, 0.717) is 6.54 Å². The van der Waals surface area contributed by atoms with Gasteiger partial charge in [0.25, 0.3) is 11.5 Å². The smallest absolute Gasteiger partial charge is 0.263 e. The van der Waals surface area contributed by atoms with E-state index in [4.69, 9.17) is 0 Å². The highest BCUT2D eigenvalue weighted by atomic mass is 79.9. The van der Waals surface area contributed by atoms with Gasteiger partial charge in [0.15, 0.2) is 0 Å². The van der Waals surface area contributed by atoms with Gasteiger partial charge >= 0.3 is 0 Å². The molecule has 2 heterocycles. The largest absolute Gasteiger partial charge is 0.351 e. The topological polar surface area (TPSA) is 54.3 Å². The molecule has 0 saturated heterocycles. The number of carbonyl (C=O) groups is 1. The molecule has 114 valence electrons. The van der Waals surface area contributed by atoms with Crippen molar-refractivity contribution in [3.05, 3.63) is 44.3 Å². The van der Waals surface area contributed by atoms with Crippen molar-refractivity contribution in [1.82, 2.24) is 14.8 Å². The Hall–Kier alpha value is -1.40. The van der Waals surface area contributed by atoms with Crippen LogP contribution in [0.2, 0.25) is 0 Å². The highest BCUT2D eigenvalue weighted by Gasteiger charge is 2.15. The molecule has 0 atom stereocenters. The molecule has 2 rings (SSSR count). The lowest BCUT2D eigenvalue weighted by Crippen LogP contribution is -2.38. The normalized spacial score (nSPS) is 15.2. The van der Waals surface area contributed by atoms with Crippen LogP contribution in [0.15, 0.2) is 27.5 Å². The van der Waals surface area contributed by atoms with Crippen molar-refractivity contribution >= 4 is 21.8 Å². The molecule has 0 bridgehead atoms. The first-order valence-electron chi connectivity index (χ1n) is 7.02. The average Bonchev–Trinajstić information content (AvgIpc) is 2.49. The summed E-state index contributed by atoms with van der Waals surface area (Å²) >= 11 is 3.37. The van der Waals surface area contributed by atoms with E-state index in [0.717, 1.165) is 36.2 Å². The third-order valence-corrected chi connectivity index (χ3v) is 4.56. The predicted octanol–water partition coefficient (Wildman–Crippen LogP) is 1.45. The zero-order valence-electron chi connectivity index (χ0n) is 12.4. The Morgan fingerprint density at radius 2 is 2.19 bits per heavy atom. The zero-order chi connectivity index (χ0) is 15.4. The molecule has 21 heavy (non-hydrogen) atoms. The molecule has 0 fully saturated rings. The highest BCUT2D eigenvalue weighted by Crippen LogP contribution is 2.14. The Balaban J connectivity index is 1.97. The molecule has 1 N–H and O–H groups in total. The molecular weight excluding hydrogens is 334 g/mol. The van der Waals surface area contributed by atoms with Gasteiger partial charge in [0.2, 0.25) is 0 Å². The van der Waals surface area contributed by atoms with E-state index in [1.54, 1.807) is 13.1 Å². The van der Waals surface area contributed by atoms with E-state index in [9.17, 15) is 9.59 Å². The van der Waals surface area contributed by atoms with E-state index >= 15 is 0 Å². The molecule has 0 aliphatic carbocycles.